The van der Waals surface area contributed by atoms with Crippen molar-refractivity contribution in [1.29, 1.82) is 0 Å². The van der Waals surface area contributed by atoms with Crippen LogP contribution in [0, 0.1) is 0 Å². The highest BCUT2D eigenvalue weighted by molar-refractivity contribution is 7.21. The quantitative estimate of drug-likeness (QED) is 0.368. The highest BCUT2D eigenvalue weighted by Gasteiger charge is 2.14. The van der Waals surface area contributed by atoms with Gasteiger partial charge in [0.25, 0.3) is 0 Å². The van der Waals surface area contributed by atoms with Gasteiger partial charge in [0, 0.05) is 11.5 Å². The molecule has 0 amide bonds. The summed E-state index contributed by atoms with van der Waals surface area (Å²) in [6.45, 7) is 3.33. The van der Waals surface area contributed by atoms with Crippen molar-refractivity contribution in [3.8, 4) is 16.3 Å². The molecule has 2 aromatic carbocycles. The van der Waals surface area contributed by atoms with Crippen LogP contribution in [-0.4, -0.2) is 23.7 Å². The summed E-state index contributed by atoms with van der Waals surface area (Å²) >= 11 is 1.45. The third-order valence-corrected chi connectivity index (χ3v) is 5.03. The number of aromatic nitrogens is 1. The number of hydrogen-bond acceptors (Lipinski definition) is 7. The Labute approximate surface area is 164 Å². The molecule has 0 saturated heterocycles. The first kappa shape index (κ1) is 18.2. The van der Waals surface area contributed by atoms with Gasteiger partial charge in [-0.15, -0.1) is 11.3 Å². The molecule has 2 aromatic heterocycles. The highest BCUT2D eigenvalue weighted by Crippen LogP contribution is 2.30. The molecule has 4 aromatic rings. The molecule has 0 N–H and O–H groups in total. The molecular formula is C21H17NO5S. The highest BCUT2D eigenvalue weighted by atomic mass is 32.1. The second-order valence-corrected chi connectivity index (χ2v) is 7.49. The van der Waals surface area contributed by atoms with E-state index >= 15 is 0 Å². The van der Waals surface area contributed by atoms with E-state index in [2.05, 4.69) is 4.98 Å². The number of ether oxygens (including phenoxy) is 2. The van der Waals surface area contributed by atoms with E-state index in [1.54, 1.807) is 38.1 Å². The zero-order valence-electron chi connectivity index (χ0n) is 15.3. The molecule has 0 unspecified atom stereocenters. The third-order valence-electron chi connectivity index (χ3n) is 3.96. The van der Waals surface area contributed by atoms with Crippen LogP contribution in [0.15, 0.2) is 57.7 Å². The fourth-order valence-electron chi connectivity index (χ4n) is 2.76. The van der Waals surface area contributed by atoms with Gasteiger partial charge in [0.15, 0.2) is 6.61 Å². The molecule has 0 aliphatic rings. The number of hydrogen-bond donors (Lipinski definition) is 0. The Morgan fingerprint density at radius 1 is 1.18 bits per heavy atom. The Balaban J connectivity index is 1.62. The lowest BCUT2D eigenvalue weighted by molar-refractivity contribution is -0.149. The molecule has 7 heteroatoms. The van der Waals surface area contributed by atoms with Crippen molar-refractivity contribution in [1.82, 2.24) is 4.98 Å². The van der Waals surface area contributed by atoms with Gasteiger partial charge >= 0.3 is 11.6 Å². The van der Waals surface area contributed by atoms with Crippen molar-refractivity contribution in [3.63, 3.8) is 0 Å². The molecule has 0 fully saturated rings. The minimum absolute atomic E-state index is 0.202. The van der Waals surface area contributed by atoms with Gasteiger partial charge in [-0.2, -0.15) is 0 Å². The van der Waals surface area contributed by atoms with E-state index in [0.29, 0.717) is 21.9 Å². The van der Waals surface area contributed by atoms with Crippen molar-refractivity contribution < 1.29 is 18.7 Å². The van der Waals surface area contributed by atoms with E-state index in [9.17, 15) is 9.59 Å². The van der Waals surface area contributed by atoms with Crippen LogP contribution in [-0.2, 0) is 9.53 Å². The molecule has 6 nitrogen and oxygen atoms in total. The summed E-state index contributed by atoms with van der Waals surface area (Å²) in [5.74, 6) is -0.0353. The summed E-state index contributed by atoms with van der Waals surface area (Å²) < 4.78 is 16.9. The van der Waals surface area contributed by atoms with Crippen LogP contribution in [0.25, 0.3) is 31.8 Å². The Hall–Kier alpha value is -3.19. The van der Waals surface area contributed by atoms with E-state index in [1.165, 1.54) is 11.3 Å². The van der Waals surface area contributed by atoms with Crippen LogP contribution in [0.5, 0.6) is 5.75 Å². The van der Waals surface area contributed by atoms with Gasteiger partial charge in [-0.25, -0.2) is 14.6 Å². The van der Waals surface area contributed by atoms with E-state index in [0.717, 1.165) is 15.6 Å². The maximum Gasteiger partial charge on any atom is 0.346 e. The number of fused-ring (bicyclic) bond motifs is 2. The van der Waals surface area contributed by atoms with Gasteiger partial charge in [-0.05, 0) is 44.2 Å². The van der Waals surface area contributed by atoms with Crippen molar-refractivity contribution in [2.75, 3.05) is 6.61 Å². The van der Waals surface area contributed by atoms with E-state index in [-0.39, 0.29) is 12.7 Å². The van der Waals surface area contributed by atoms with E-state index < -0.39 is 11.6 Å². The zero-order chi connectivity index (χ0) is 19.7. The Bertz CT molecular complexity index is 1190. The van der Waals surface area contributed by atoms with Gasteiger partial charge < -0.3 is 13.9 Å². The summed E-state index contributed by atoms with van der Waals surface area (Å²) in [5, 5.41) is 1.36. The first-order chi connectivity index (χ1) is 13.5. The normalized spacial score (nSPS) is 11.2. The molecule has 0 spiro atoms. The number of thiazole rings is 1. The molecule has 0 bridgehead atoms. The fourth-order valence-corrected chi connectivity index (χ4v) is 3.73. The number of nitrogens with zero attached hydrogens (tertiary/aromatic N) is 1. The van der Waals surface area contributed by atoms with Gasteiger partial charge in [0.2, 0.25) is 0 Å². The van der Waals surface area contributed by atoms with Crippen LogP contribution in [0.4, 0.5) is 0 Å². The van der Waals surface area contributed by atoms with Crippen LogP contribution >= 0.6 is 11.3 Å². The molecular weight excluding hydrogens is 378 g/mol. The summed E-state index contributed by atoms with van der Waals surface area (Å²) in [5.41, 5.74) is 1.18. The Morgan fingerprint density at radius 3 is 2.79 bits per heavy atom. The number of para-hydroxylation sites is 1. The Kier molecular flexibility index (Phi) is 4.83. The van der Waals surface area contributed by atoms with Crippen LogP contribution in [0.2, 0.25) is 0 Å². The topological polar surface area (TPSA) is 78.6 Å². The van der Waals surface area contributed by atoms with Gasteiger partial charge in [-0.1, -0.05) is 12.1 Å². The number of carbonyl (C=O) groups is 1. The second kappa shape index (κ2) is 7.44. The second-order valence-electron chi connectivity index (χ2n) is 6.46. The lowest BCUT2D eigenvalue weighted by Crippen LogP contribution is -2.18. The zero-order valence-corrected chi connectivity index (χ0v) is 16.1. The predicted octanol–water partition coefficient (Wildman–Crippen LogP) is 4.40. The maximum absolute atomic E-state index is 12.5. The number of benzene rings is 2. The number of carbonyl (C=O) groups excluding carboxylic acids is 1. The molecule has 0 radical (unpaired) electrons. The minimum Gasteiger partial charge on any atom is -0.482 e. The first-order valence-electron chi connectivity index (χ1n) is 8.76. The average molecular weight is 395 g/mol. The van der Waals surface area contributed by atoms with Crippen LogP contribution in [0.1, 0.15) is 13.8 Å². The van der Waals surface area contributed by atoms with Gasteiger partial charge in [-0.3, -0.25) is 0 Å². The van der Waals surface area contributed by atoms with Gasteiger partial charge in [0.1, 0.15) is 16.3 Å². The average Bonchev–Trinajstić information content (AvgIpc) is 3.09. The number of rotatable bonds is 5. The number of esters is 1. The summed E-state index contributed by atoms with van der Waals surface area (Å²) in [6.07, 6.45) is -0.202. The summed E-state index contributed by atoms with van der Waals surface area (Å²) in [6, 6.07) is 14.6. The lowest BCUT2D eigenvalue weighted by atomic mass is 10.2. The molecule has 142 valence electrons. The maximum atomic E-state index is 12.5. The lowest BCUT2D eigenvalue weighted by Gasteiger charge is -2.09. The third kappa shape index (κ3) is 3.75. The molecule has 4 rings (SSSR count). The Morgan fingerprint density at radius 2 is 2.00 bits per heavy atom. The van der Waals surface area contributed by atoms with Crippen molar-refractivity contribution in [2.24, 2.45) is 0 Å². The largest absolute Gasteiger partial charge is 0.482 e. The smallest absolute Gasteiger partial charge is 0.346 e. The predicted molar refractivity (Wildman–Crippen MR) is 108 cm³/mol. The molecule has 0 saturated carbocycles. The summed E-state index contributed by atoms with van der Waals surface area (Å²) in [4.78, 5) is 28.6. The van der Waals surface area contributed by atoms with Crippen LogP contribution < -0.4 is 10.4 Å². The fraction of sp³-hybridized carbons (Fsp3) is 0.190. The van der Waals surface area contributed by atoms with Crippen LogP contribution in [0.3, 0.4) is 0 Å². The first-order valence-corrected chi connectivity index (χ1v) is 9.57. The standard InChI is InChI=1S/C21H17NO5S/c1-12(2)26-19(23)11-25-14-8-7-13-9-15(21(24)27-17(13)10-14)20-22-16-5-3-4-6-18(16)28-20/h3-10,12H,11H2,1-2H3. The SMILES string of the molecule is CC(C)OC(=O)COc1ccc2cc(-c3nc4ccccc4s3)c(=O)oc2c1. The molecule has 28 heavy (non-hydrogen) atoms. The molecule has 0 aliphatic carbocycles. The molecule has 0 aliphatic heterocycles. The van der Waals surface area contributed by atoms with Gasteiger partial charge in [0.05, 0.1) is 21.9 Å². The van der Waals surface area contributed by atoms with E-state index in [4.69, 9.17) is 13.9 Å². The monoisotopic (exact) mass is 395 g/mol. The van der Waals surface area contributed by atoms with Crippen molar-refractivity contribution >= 4 is 38.5 Å². The van der Waals surface area contributed by atoms with Crippen molar-refractivity contribution in [3.05, 3.63) is 59.0 Å². The van der Waals surface area contributed by atoms with Crippen molar-refractivity contribution in [2.45, 2.75) is 20.0 Å². The molecule has 2 heterocycles. The molecule has 0 atom stereocenters. The van der Waals surface area contributed by atoms with E-state index in [1.807, 2.05) is 24.3 Å². The summed E-state index contributed by atoms with van der Waals surface area (Å²) in [7, 11) is 0. The minimum atomic E-state index is -0.470.